The van der Waals surface area contributed by atoms with E-state index in [0.29, 0.717) is 23.1 Å². The molecule has 1 fully saturated rings. The molecule has 6 nitrogen and oxygen atoms in total. The van der Waals surface area contributed by atoms with Gasteiger partial charge in [-0.3, -0.25) is 9.80 Å². The lowest BCUT2D eigenvalue weighted by atomic mass is 10.1. The molecule has 0 radical (unpaired) electrons. The van der Waals surface area contributed by atoms with E-state index in [-0.39, 0.29) is 13.1 Å². The van der Waals surface area contributed by atoms with Crippen LogP contribution >= 0.6 is 23.2 Å². The molecular formula is C17H22Cl2N2O4. The van der Waals surface area contributed by atoms with E-state index in [9.17, 15) is 14.7 Å². The Balaban J connectivity index is 2.06. The van der Waals surface area contributed by atoms with Crippen LogP contribution in [0, 0.1) is 0 Å². The molecule has 1 heterocycles. The summed E-state index contributed by atoms with van der Waals surface area (Å²) in [6, 6.07) is 4.38. The van der Waals surface area contributed by atoms with Gasteiger partial charge < -0.3 is 9.84 Å². The van der Waals surface area contributed by atoms with E-state index in [1.54, 1.807) is 32.9 Å². The molecule has 1 unspecified atom stereocenters. The van der Waals surface area contributed by atoms with Gasteiger partial charge in [-0.25, -0.2) is 9.59 Å². The first-order valence-corrected chi connectivity index (χ1v) is 8.71. The maximum absolute atomic E-state index is 12.3. The number of halogens is 2. The first kappa shape index (κ1) is 19.8. The summed E-state index contributed by atoms with van der Waals surface area (Å²) in [5.41, 5.74) is 0.265. The van der Waals surface area contributed by atoms with Gasteiger partial charge in [0.05, 0.1) is 10.0 Å². The van der Waals surface area contributed by atoms with Crippen LogP contribution in [0.25, 0.3) is 0 Å². The third kappa shape index (κ3) is 5.49. The zero-order chi connectivity index (χ0) is 18.8. The van der Waals surface area contributed by atoms with Gasteiger partial charge in [-0.1, -0.05) is 29.3 Å². The quantitative estimate of drug-likeness (QED) is 0.857. The molecule has 0 saturated carbocycles. The van der Waals surface area contributed by atoms with Gasteiger partial charge in [0.2, 0.25) is 0 Å². The lowest BCUT2D eigenvalue weighted by Gasteiger charge is -2.39. The molecule has 1 saturated heterocycles. The van der Waals surface area contributed by atoms with Gasteiger partial charge >= 0.3 is 12.1 Å². The molecule has 0 aliphatic carbocycles. The van der Waals surface area contributed by atoms with E-state index in [1.165, 1.54) is 4.90 Å². The topological polar surface area (TPSA) is 70.1 Å². The number of rotatable bonds is 3. The fourth-order valence-electron chi connectivity index (χ4n) is 2.63. The molecule has 0 bridgehead atoms. The van der Waals surface area contributed by atoms with E-state index in [0.717, 1.165) is 5.56 Å². The van der Waals surface area contributed by atoms with Crippen molar-refractivity contribution in [1.29, 1.82) is 0 Å². The third-order valence-electron chi connectivity index (χ3n) is 3.77. The zero-order valence-corrected chi connectivity index (χ0v) is 16.0. The monoisotopic (exact) mass is 388 g/mol. The van der Waals surface area contributed by atoms with Crippen molar-refractivity contribution < 1.29 is 19.4 Å². The fraction of sp³-hybridized carbons (Fsp3) is 0.529. The summed E-state index contributed by atoms with van der Waals surface area (Å²) in [5.74, 6) is -1.05. The average molecular weight is 389 g/mol. The number of benzene rings is 1. The second kappa shape index (κ2) is 7.81. The molecule has 0 aromatic heterocycles. The second-order valence-corrected chi connectivity index (χ2v) is 7.83. The van der Waals surface area contributed by atoms with Crippen molar-refractivity contribution in [2.45, 2.75) is 39.0 Å². The Bertz CT molecular complexity index is 661. The van der Waals surface area contributed by atoms with Crippen molar-refractivity contribution in [2.24, 2.45) is 0 Å². The van der Waals surface area contributed by atoms with Crippen LogP contribution in [0.15, 0.2) is 18.2 Å². The Hall–Kier alpha value is -1.50. The van der Waals surface area contributed by atoms with E-state index in [1.807, 2.05) is 11.0 Å². The fourth-order valence-corrected chi connectivity index (χ4v) is 2.95. The molecule has 0 spiro atoms. The zero-order valence-electron chi connectivity index (χ0n) is 14.5. The SMILES string of the molecule is CC(C)(C)OC(=O)N1CCN(Cc2ccc(Cl)c(Cl)c2)CC1C(=O)O. The Morgan fingerprint density at radius 2 is 1.92 bits per heavy atom. The summed E-state index contributed by atoms with van der Waals surface area (Å²) in [6.07, 6.45) is -0.603. The highest BCUT2D eigenvalue weighted by Crippen LogP contribution is 2.24. The summed E-state index contributed by atoms with van der Waals surface area (Å²) in [4.78, 5) is 27.1. The van der Waals surface area contributed by atoms with Crippen LogP contribution in [0.2, 0.25) is 10.0 Å². The smallest absolute Gasteiger partial charge is 0.411 e. The van der Waals surface area contributed by atoms with Crippen molar-refractivity contribution in [3.8, 4) is 0 Å². The van der Waals surface area contributed by atoms with E-state index < -0.39 is 23.7 Å². The predicted octanol–water partition coefficient (Wildman–Crippen LogP) is 3.50. The molecule has 1 aromatic carbocycles. The number of hydrogen-bond donors (Lipinski definition) is 1. The van der Waals surface area contributed by atoms with Gasteiger partial charge in [-0.2, -0.15) is 0 Å². The molecule has 8 heteroatoms. The summed E-state index contributed by atoms with van der Waals surface area (Å²) < 4.78 is 5.31. The number of carboxylic acid groups (broad SMARTS) is 1. The summed E-state index contributed by atoms with van der Waals surface area (Å²) in [6.45, 7) is 6.83. The molecular weight excluding hydrogens is 367 g/mol. The van der Waals surface area contributed by atoms with E-state index in [4.69, 9.17) is 27.9 Å². The number of amides is 1. The van der Waals surface area contributed by atoms with Gasteiger partial charge in [-0.05, 0) is 38.5 Å². The number of hydrogen-bond acceptors (Lipinski definition) is 4. The van der Waals surface area contributed by atoms with Crippen molar-refractivity contribution in [3.05, 3.63) is 33.8 Å². The van der Waals surface area contributed by atoms with Crippen LogP contribution in [-0.4, -0.2) is 58.2 Å². The maximum atomic E-state index is 12.3. The molecule has 1 aliphatic rings. The number of ether oxygens (including phenoxy) is 1. The Morgan fingerprint density at radius 1 is 1.24 bits per heavy atom. The Morgan fingerprint density at radius 3 is 2.48 bits per heavy atom. The predicted molar refractivity (Wildman–Crippen MR) is 96.1 cm³/mol. The van der Waals surface area contributed by atoms with Crippen LogP contribution in [0.5, 0.6) is 0 Å². The van der Waals surface area contributed by atoms with Crippen molar-refractivity contribution in [2.75, 3.05) is 19.6 Å². The second-order valence-electron chi connectivity index (χ2n) is 7.01. The molecule has 138 valence electrons. The van der Waals surface area contributed by atoms with Crippen LogP contribution in [0.3, 0.4) is 0 Å². The first-order chi connectivity index (χ1) is 11.6. The van der Waals surface area contributed by atoms with Crippen LogP contribution < -0.4 is 0 Å². The minimum Gasteiger partial charge on any atom is -0.480 e. The molecule has 1 atom stereocenters. The third-order valence-corrected chi connectivity index (χ3v) is 4.51. The Kier molecular flexibility index (Phi) is 6.19. The van der Waals surface area contributed by atoms with Gasteiger partial charge in [0, 0.05) is 26.2 Å². The average Bonchev–Trinajstić information content (AvgIpc) is 2.49. The van der Waals surface area contributed by atoms with Crippen LogP contribution in [0.1, 0.15) is 26.3 Å². The number of nitrogens with zero attached hydrogens (tertiary/aromatic N) is 2. The Labute approximate surface area is 157 Å². The van der Waals surface area contributed by atoms with Crippen molar-refractivity contribution in [1.82, 2.24) is 9.80 Å². The molecule has 2 rings (SSSR count). The molecule has 25 heavy (non-hydrogen) atoms. The highest BCUT2D eigenvalue weighted by Gasteiger charge is 2.37. The van der Waals surface area contributed by atoms with Gasteiger partial charge in [0.25, 0.3) is 0 Å². The minimum atomic E-state index is -1.05. The lowest BCUT2D eigenvalue weighted by Crippen LogP contribution is -2.58. The highest BCUT2D eigenvalue weighted by molar-refractivity contribution is 6.42. The maximum Gasteiger partial charge on any atom is 0.411 e. The van der Waals surface area contributed by atoms with Crippen LogP contribution in [0.4, 0.5) is 4.79 Å². The van der Waals surface area contributed by atoms with Crippen molar-refractivity contribution in [3.63, 3.8) is 0 Å². The van der Waals surface area contributed by atoms with Crippen molar-refractivity contribution >= 4 is 35.3 Å². The minimum absolute atomic E-state index is 0.217. The number of carboxylic acids is 1. The van der Waals surface area contributed by atoms with E-state index >= 15 is 0 Å². The summed E-state index contributed by atoms with van der Waals surface area (Å²) in [7, 11) is 0. The van der Waals surface area contributed by atoms with Crippen LogP contribution in [-0.2, 0) is 16.1 Å². The summed E-state index contributed by atoms with van der Waals surface area (Å²) >= 11 is 11.9. The van der Waals surface area contributed by atoms with Gasteiger partial charge in [-0.15, -0.1) is 0 Å². The van der Waals surface area contributed by atoms with Gasteiger partial charge in [0.15, 0.2) is 0 Å². The number of carbonyl (C=O) groups excluding carboxylic acids is 1. The molecule has 1 aromatic rings. The number of piperazine rings is 1. The highest BCUT2D eigenvalue weighted by atomic mass is 35.5. The lowest BCUT2D eigenvalue weighted by molar-refractivity contribution is -0.145. The molecule has 1 aliphatic heterocycles. The normalized spacial score (nSPS) is 18.9. The number of carbonyl (C=O) groups is 2. The molecule has 1 N–H and O–H groups in total. The summed E-state index contributed by atoms with van der Waals surface area (Å²) in [5, 5.41) is 10.4. The largest absolute Gasteiger partial charge is 0.480 e. The standard InChI is InChI=1S/C17H22Cl2N2O4/c1-17(2,3)25-16(24)21-7-6-20(10-14(21)15(22)23)9-11-4-5-12(18)13(19)8-11/h4-5,8,14H,6-7,9-10H2,1-3H3,(H,22,23). The molecule has 1 amide bonds. The number of aliphatic carboxylic acids is 1. The van der Waals surface area contributed by atoms with E-state index in [2.05, 4.69) is 0 Å². The first-order valence-electron chi connectivity index (χ1n) is 7.95. The van der Waals surface area contributed by atoms with Gasteiger partial charge in [0.1, 0.15) is 11.6 Å².